The molecule has 7 heteroatoms. The number of benzene rings is 1. The van der Waals surface area contributed by atoms with Gasteiger partial charge in [-0.3, -0.25) is 19.7 Å². The number of amides is 2. The molecule has 0 N–H and O–H groups in total. The molecule has 0 spiro atoms. The van der Waals surface area contributed by atoms with Crippen molar-refractivity contribution in [2.75, 3.05) is 13.1 Å². The first-order valence-electron chi connectivity index (χ1n) is 9.80. The van der Waals surface area contributed by atoms with Crippen LogP contribution in [0.4, 0.5) is 5.69 Å². The minimum Gasteiger partial charge on any atom is -0.336 e. The minimum atomic E-state index is -0.535. The first-order chi connectivity index (χ1) is 12.9. The molecule has 2 aliphatic heterocycles. The molecule has 0 bridgehead atoms. The van der Waals surface area contributed by atoms with Crippen LogP contribution in [-0.4, -0.2) is 51.7 Å². The molecule has 2 saturated heterocycles. The molecule has 0 aliphatic carbocycles. The number of carbonyl (C=O) groups excluding carboxylic acids is 2. The van der Waals surface area contributed by atoms with E-state index in [4.69, 9.17) is 0 Å². The Balaban J connectivity index is 1.94. The molecule has 146 valence electrons. The van der Waals surface area contributed by atoms with E-state index in [0.29, 0.717) is 13.1 Å². The van der Waals surface area contributed by atoms with Crippen molar-refractivity contribution in [1.29, 1.82) is 0 Å². The van der Waals surface area contributed by atoms with Gasteiger partial charge in [-0.05, 0) is 58.4 Å². The van der Waals surface area contributed by atoms with Gasteiger partial charge in [-0.25, -0.2) is 0 Å². The van der Waals surface area contributed by atoms with Gasteiger partial charge in [0, 0.05) is 48.4 Å². The second-order valence-corrected chi connectivity index (χ2v) is 7.71. The van der Waals surface area contributed by atoms with Gasteiger partial charge in [-0.1, -0.05) is 0 Å². The predicted octanol–water partition coefficient (Wildman–Crippen LogP) is 3.62. The SMILES string of the molecule is C[C@H]1CCCCN1C(=O)c1cc(C(=O)N2CCCC[C@@H]2C)cc([N+](=O)[O-])c1. The van der Waals surface area contributed by atoms with Crippen molar-refractivity contribution in [2.24, 2.45) is 0 Å². The fourth-order valence-corrected chi connectivity index (χ4v) is 4.09. The summed E-state index contributed by atoms with van der Waals surface area (Å²) in [5.74, 6) is -0.460. The van der Waals surface area contributed by atoms with E-state index in [0.717, 1.165) is 38.5 Å². The molecule has 2 aliphatic rings. The van der Waals surface area contributed by atoms with Crippen LogP contribution < -0.4 is 0 Å². The van der Waals surface area contributed by atoms with Crippen LogP contribution in [0.1, 0.15) is 73.1 Å². The van der Waals surface area contributed by atoms with Gasteiger partial charge in [-0.2, -0.15) is 0 Å². The summed E-state index contributed by atoms with van der Waals surface area (Å²) in [4.78, 5) is 40.3. The molecule has 7 nitrogen and oxygen atoms in total. The lowest BCUT2D eigenvalue weighted by atomic mass is 9.99. The fourth-order valence-electron chi connectivity index (χ4n) is 4.09. The van der Waals surface area contributed by atoms with Crippen molar-refractivity contribution in [1.82, 2.24) is 9.80 Å². The van der Waals surface area contributed by atoms with E-state index in [9.17, 15) is 19.7 Å². The number of nitro benzene ring substituents is 1. The quantitative estimate of drug-likeness (QED) is 0.598. The van der Waals surface area contributed by atoms with Gasteiger partial charge >= 0.3 is 0 Å². The summed E-state index contributed by atoms with van der Waals surface area (Å²) < 4.78 is 0. The first-order valence-corrected chi connectivity index (χ1v) is 9.80. The Bertz CT molecular complexity index is 696. The molecule has 0 radical (unpaired) electrons. The van der Waals surface area contributed by atoms with Gasteiger partial charge in [-0.15, -0.1) is 0 Å². The van der Waals surface area contributed by atoms with E-state index >= 15 is 0 Å². The van der Waals surface area contributed by atoms with E-state index < -0.39 is 4.92 Å². The summed E-state index contributed by atoms with van der Waals surface area (Å²) in [6.07, 6.45) is 5.88. The summed E-state index contributed by atoms with van der Waals surface area (Å²) in [5, 5.41) is 11.4. The summed E-state index contributed by atoms with van der Waals surface area (Å²) in [5.41, 5.74) is 0.246. The average Bonchev–Trinajstić information content (AvgIpc) is 2.67. The molecule has 1 aromatic carbocycles. The summed E-state index contributed by atoms with van der Waals surface area (Å²) in [6.45, 7) is 5.29. The second-order valence-electron chi connectivity index (χ2n) is 7.71. The normalized spacial score (nSPS) is 23.2. The zero-order chi connectivity index (χ0) is 19.6. The van der Waals surface area contributed by atoms with Gasteiger partial charge in [0.05, 0.1) is 4.92 Å². The molecule has 3 rings (SSSR count). The molecule has 0 saturated carbocycles. The Kier molecular flexibility index (Phi) is 5.77. The van der Waals surface area contributed by atoms with Crippen LogP contribution in [-0.2, 0) is 0 Å². The van der Waals surface area contributed by atoms with Crippen LogP contribution in [0, 0.1) is 10.1 Å². The topological polar surface area (TPSA) is 83.8 Å². The molecule has 0 aromatic heterocycles. The highest BCUT2D eigenvalue weighted by molar-refractivity contribution is 6.01. The average molecular weight is 373 g/mol. The number of nitro groups is 1. The monoisotopic (exact) mass is 373 g/mol. The van der Waals surface area contributed by atoms with Crippen molar-refractivity contribution in [3.8, 4) is 0 Å². The standard InChI is InChI=1S/C20H27N3O4/c1-14-7-3-5-9-21(14)19(24)16-11-17(13-18(12-16)23(26)27)20(25)22-10-6-4-8-15(22)2/h11-15H,3-10H2,1-2H3/t14-,15-/m0/s1. The lowest BCUT2D eigenvalue weighted by Gasteiger charge is -2.34. The van der Waals surface area contributed by atoms with E-state index in [1.807, 2.05) is 13.8 Å². The van der Waals surface area contributed by atoms with Crippen molar-refractivity contribution in [3.63, 3.8) is 0 Å². The van der Waals surface area contributed by atoms with E-state index in [2.05, 4.69) is 0 Å². The molecule has 0 unspecified atom stereocenters. The van der Waals surface area contributed by atoms with Crippen LogP contribution in [0.3, 0.4) is 0 Å². The van der Waals surface area contributed by atoms with E-state index in [1.54, 1.807) is 9.80 Å². The van der Waals surface area contributed by atoms with Crippen LogP contribution in [0.25, 0.3) is 0 Å². The molecular weight excluding hydrogens is 346 g/mol. The van der Waals surface area contributed by atoms with E-state index in [-0.39, 0.29) is 40.7 Å². The summed E-state index contributed by atoms with van der Waals surface area (Å²) in [7, 11) is 0. The largest absolute Gasteiger partial charge is 0.336 e. The molecule has 2 heterocycles. The van der Waals surface area contributed by atoms with Crippen molar-refractivity contribution < 1.29 is 14.5 Å². The van der Waals surface area contributed by atoms with Crippen LogP contribution in [0.5, 0.6) is 0 Å². The van der Waals surface area contributed by atoms with Crippen LogP contribution in [0.2, 0.25) is 0 Å². The first kappa shape index (κ1) is 19.3. The van der Waals surface area contributed by atoms with Crippen molar-refractivity contribution >= 4 is 17.5 Å². The Morgan fingerprint density at radius 3 is 1.70 bits per heavy atom. The third-order valence-electron chi connectivity index (χ3n) is 5.75. The van der Waals surface area contributed by atoms with Crippen LogP contribution in [0.15, 0.2) is 18.2 Å². The highest BCUT2D eigenvalue weighted by Crippen LogP contribution is 2.25. The van der Waals surface area contributed by atoms with E-state index in [1.165, 1.54) is 18.2 Å². The van der Waals surface area contributed by atoms with Gasteiger partial charge < -0.3 is 9.80 Å². The maximum Gasteiger partial charge on any atom is 0.271 e. The van der Waals surface area contributed by atoms with Gasteiger partial charge in [0.25, 0.3) is 17.5 Å². The van der Waals surface area contributed by atoms with Gasteiger partial charge in [0.2, 0.25) is 0 Å². The molecule has 27 heavy (non-hydrogen) atoms. The number of nitrogens with zero attached hydrogens (tertiary/aromatic N) is 3. The Labute approximate surface area is 159 Å². The number of likely N-dealkylation sites (tertiary alicyclic amines) is 2. The van der Waals surface area contributed by atoms with Gasteiger partial charge in [0.15, 0.2) is 0 Å². The zero-order valence-electron chi connectivity index (χ0n) is 16.0. The lowest BCUT2D eigenvalue weighted by molar-refractivity contribution is -0.384. The number of hydrogen-bond acceptors (Lipinski definition) is 4. The molecule has 2 amide bonds. The number of rotatable bonds is 3. The highest BCUT2D eigenvalue weighted by atomic mass is 16.6. The maximum absolute atomic E-state index is 13.0. The molecule has 2 fully saturated rings. The number of hydrogen-bond donors (Lipinski definition) is 0. The third kappa shape index (κ3) is 4.12. The summed E-state index contributed by atoms with van der Waals surface area (Å²) >= 11 is 0. The Morgan fingerprint density at radius 2 is 1.33 bits per heavy atom. The highest BCUT2D eigenvalue weighted by Gasteiger charge is 2.29. The van der Waals surface area contributed by atoms with Gasteiger partial charge in [0.1, 0.15) is 0 Å². The zero-order valence-corrected chi connectivity index (χ0v) is 16.0. The van der Waals surface area contributed by atoms with Crippen molar-refractivity contribution in [3.05, 3.63) is 39.4 Å². The third-order valence-corrected chi connectivity index (χ3v) is 5.75. The Hall–Kier alpha value is -2.44. The Morgan fingerprint density at radius 1 is 0.889 bits per heavy atom. The smallest absolute Gasteiger partial charge is 0.271 e. The molecule has 2 atom stereocenters. The maximum atomic E-state index is 13.0. The molecule has 1 aromatic rings. The minimum absolute atomic E-state index is 0.104. The number of carbonyl (C=O) groups is 2. The summed E-state index contributed by atoms with van der Waals surface area (Å²) in [6, 6.07) is 4.32. The predicted molar refractivity (Wildman–Crippen MR) is 102 cm³/mol. The number of non-ortho nitro benzene ring substituents is 1. The number of piperidine rings is 2. The van der Waals surface area contributed by atoms with Crippen LogP contribution >= 0.6 is 0 Å². The second kappa shape index (κ2) is 8.06. The van der Waals surface area contributed by atoms with Crippen molar-refractivity contribution in [2.45, 2.75) is 64.5 Å². The fraction of sp³-hybridized carbons (Fsp3) is 0.600. The lowest BCUT2D eigenvalue weighted by Crippen LogP contribution is -2.43. The molecular formula is C20H27N3O4.